The quantitative estimate of drug-likeness (QED) is 0.257. The van der Waals surface area contributed by atoms with Crippen LogP contribution < -0.4 is 4.74 Å². The number of fused-ring (bicyclic) bond motifs is 1. The minimum Gasteiger partial charge on any atom is -0.423 e. The van der Waals surface area contributed by atoms with Crippen LogP contribution in [0.4, 0.5) is 4.39 Å². The van der Waals surface area contributed by atoms with E-state index in [-0.39, 0.29) is 5.82 Å². The zero-order chi connectivity index (χ0) is 21.6. The first-order valence-electron chi connectivity index (χ1n) is 11.1. The summed E-state index contributed by atoms with van der Waals surface area (Å²) in [6, 6.07) is 17.0. The standard InChI is InChI=1S/C28H27FO2/c1-2-4-20-7-9-21(10-8-20)11-12-22-13-15-23(16-14-22)28(30)31-25-17-18-26-24(19-25)5-3-6-27(26)29/h3,5-6,13-21H,2,4,7-10H2,1H3. The molecule has 0 N–H and O–H groups in total. The predicted octanol–water partition coefficient (Wildman–Crippen LogP) is 7.16. The van der Waals surface area contributed by atoms with Crippen molar-refractivity contribution in [1.29, 1.82) is 0 Å². The number of hydrogen-bond acceptors (Lipinski definition) is 2. The highest BCUT2D eigenvalue weighted by Crippen LogP contribution is 2.31. The van der Waals surface area contributed by atoms with Gasteiger partial charge >= 0.3 is 5.97 Å². The van der Waals surface area contributed by atoms with Gasteiger partial charge in [0.2, 0.25) is 0 Å². The van der Waals surface area contributed by atoms with E-state index in [0.29, 0.717) is 28.0 Å². The Balaban J connectivity index is 1.37. The van der Waals surface area contributed by atoms with Gasteiger partial charge < -0.3 is 4.74 Å². The van der Waals surface area contributed by atoms with Crippen molar-refractivity contribution < 1.29 is 13.9 Å². The molecule has 2 nitrogen and oxygen atoms in total. The summed E-state index contributed by atoms with van der Waals surface area (Å²) in [6.07, 6.45) is 7.58. The van der Waals surface area contributed by atoms with Gasteiger partial charge in [-0.25, -0.2) is 9.18 Å². The number of carbonyl (C=O) groups is 1. The maximum atomic E-state index is 13.8. The Kier molecular flexibility index (Phi) is 6.67. The second kappa shape index (κ2) is 9.79. The largest absolute Gasteiger partial charge is 0.423 e. The molecule has 3 aromatic carbocycles. The Labute approximate surface area is 183 Å². The van der Waals surface area contributed by atoms with Crippen molar-refractivity contribution in [3.05, 3.63) is 77.6 Å². The van der Waals surface area contributed by atoms with E-state index < -0.39 is 5.97 Å². The third-order valence-electron chi connectivity index (χ3n) is 6.09. The molecule has 0 aliphatic heterocycles. The third kappa shape index (κ3) is 5.33. The van der Waals surface area contributed by atoms with Crippen LogP contribution in [-0.2, 0) is 0 Å². The molecule has 31 heavy (non-hydrogen) atoms. The van der Waals surface area contributed by atoms with Crippen LogP contribution in [0.5, 0.6) is 5.75 Å². The summed E-state index contributed by atoms with van der Waals surface area (Å²) >= 11 is 0. The van der Waals surface area contributed by atoms with Gasteiger partial charge in [0, 0.05) is 16.9 Å². The van der Waals surface area contributed by atoms with Crippen LogP contribution in [0, 0.1) is 29.5 Å². The molecular weight excluding hydrogens is 387 g/mol. The first-order chi connectivity index (χ1) is 15.1. The first-order valence-corrected chi connectivity index (χ1v) is 11.1. The molecule has 0 aromatic heterocycles. The zero-order valence-electron chi connectivity index (χ0n) is 17.9. The van der Waals surface area contributed by atoms with Crippen molar-refractivity contribution in [3.63, 3.8) is 0 Å². The van der Waals surface area contributed by atoms with Gasteiger partial charge in [0.25, 0.3) is 0 Å². The molecule has 1 aliphatic carbocycles. The summed E-state index contributed by atoms with van der Waals surface area (Å²) in [5.41, 5.74) is 1.37. The van der Waals surface area contributed by atoms with Crippen molar-refractivity contribution >= 4 is 16.7 Å². The summed E-state index contributed by atoms with van der Waals surface area (Å²) in [5.74, 6) is 7.71. The topological polar surface area (TPSA) is 26.3 Å². The fourth-order valence-corrected chi connectivity index (χ4v) is 4.33. The lowest BCUT2D eigenvalue weighted by Gasteiger charge is -2.25. The first kappa shape index (κ1) is 21.1. The smallest absolute Gasteiger partial charge is 0.343 e. The highest BCUT2D eigenvalue weighted by Gasteiger charge is 2.18. The fourth-order valence-electron chi connectivity index (χ4n) is 4.33. The van der Waals surface area contributed by atoms with E-state index in [1.54, 1.807) is 42.5 Å². The molecule has 0 atom stereocenters. The van der Waals surface area contributed by atoms with Gasteiger partial charge in [-0.05, 0) is 85.5 Å². The van der Waals surface area contributed by atoms with Crippen molar-refractivity contribution in [2.75, 3.05) is 0 Å². The third-order valence-corrected chi connectivity index (χ3v) is 6.09. The van der Waals surface area contributed by atoms with E-state index >= 15 is 0 Å². The van der Waals surface area contributed by atoms with Crippen LogP contribution in [-0.4, -0.2) is 5.97 Å². The van der Waals surface area contributed by atoms with Gasteiger partial charge in [-0.15, -0.1) is 0 Å². The van der Waals surface area contributed by atoms with Crippen molar-refractivity contribution in [3.8, 4) is 17.6 Å². The van der Waals surface area contributed by atoms with Gasteiger partial charge in [-0.2, -0.15) is 0 Å². The van der Waals surface area contributed by atoms with Crippen LogP contribution in [0.25, 0.3) is 10.8 Å². The second-order valence-corrected chi connectivity index (χ2v) is 8.37. The molecule has 0 heterocycles. The van der Waals surface area contributed by atoms with E-state index in [2.05, 4.69) is 18.8 Å². The average Bonchev–Trinajstić information content (AvgIpc) is 2.79. The predicted molar refractivity (Wildman–Crippen MR) is 123 cm³/mol. The van der Waals surface area contributed by atoms with Gasteiger partial charge in [0.15, 0.2) is 0 Å². The Morgan fingerprint density at radius 2 is 1.81 bits per heavy atom. The number of esters is 1. The van der Waals surface area contributed by atoms with Crippen LogP contribution >= 0.6 is 0 Å². The number of benzene rings is 3. The molecule has 3 heteroatoms. The highest BCUT2D eigenvalue weighted by atomic mass is 19.1. The molecule has 0 amide bonds. The number of halogens is 1. The molecule has 1 fully saturated rings. The normalized spacial score (nSPS) is 18.3. The van der Waals surface area contributed by atoms with Gasteiger partial charge in [0.1, 0.15) is 11.6 Å². The summed E-state index contributed by atoms with van der Waals surface area (Å²) in [7, 11) is 0. The van der Waals surface area contributed by atoms with Gasteiger partial charge in [-0.1, -0.05) is 43.7 Å². The van der Waals surface area contributed by atoms with Crippen molar-refractivity contribution in [2.24, 2.45) is 11.8 Å². The van der Waals surface area contributed by atoms with E-state index in [9.17, 15) is 9.18 Å². The lowest BCUT2D eigenvalue weighted by Crippen LogP contribution is -2.13. The number of carbonyl (C=O) groups excluding carboxylic acids is 1. The molecule has 1 saturated carbocycles. The molecular formula is C28H27FO2. The molecule has 0 radical (unpaired) electrons. The monoisotopic (exact) mass is 414 g/mol. The maximum Gasteiger partial charge on any atom is 0.343 e. The molecule has 0 bridgehead atoms. The van der Waals surface area contributed by atoms with E-state index in [0.717, 1.165) is 11.5 Å². The Morgan fingerprint density at radius 1 is 1.03 bits per heavy atom. The molecule has 0 spiro atoms. The Hall–Kier alpha value is -3.12. The van der Waals surface area contributed by atoms with Crippen molar-refractivity contribution in [1.82, 2.24) is 0 Å². The summed E-state index contributed by atoms with van der Waals surface area (Å²) in [4.78, 5) is 12.5. The molecule has 158 valence electrons. The molecule has 0 saturated heterocycles. The Morgan fingerprint density at radius 3 is 2.55 bits per heavy atom. The van der Waals surface area contributed by atoms with Crippen LogP contribution in [0.15, 0.2) is 60.7 Å². The number of rotatable bonds is 4. The fraction of sp³-hybridized carbons (Fsp3) is 0.321. The van der Waals surface area contributed by atoms with Crippen molar-refractivity contribution in [2.45, 2.75) is 45.4 Å². The van der Waals surface area contributed by atoms with Gasteiger partial charge in [0.05, 0.1) is 5.56 Å². The SMILES string of the molecule is CCCC1CCC(C#Cc2ccc(C(=O)Oc3ccc4c(F)cccc4c3)cc2)CC1. The number of hydrogen-bond donors (Lipinski definition) is 0. The lowest BCUT2D eigenvalue weighted by atomic mass is 9.80. The summed E-state index contributed by atoms with van der Waals surface area (Å²) in [6.45, 7) is 2.26. The zero-order valence-corrected chi connectivity index (χ0v) is 17.9. The molecule has 1 aliphatic rings. The lowest BCUT2D eigenvalue weighted by molar-refractivity contribution is 0.0735. The minimum atomic E-state index is -0.440. The molecule has 3 aromatic rings. The number of ether oxygens (including phenoxy) is 1. The van der Waals surface area contributed by atoms with E-state index in [1.165, 1.54) is 44.6 Å². The second-order valence-electron chi connectivity index (χ2n) is 8.37. The summed E-state index contributed by atoms with van der Waals surface area (Å²) < 4.78 is 19.3. The maximum absolute atomic E-state index is 13.8. The van der Waals surface area contributed by atoms with Crippen LogP contribution in [0.1, 0.15) is 61.4 Å². The average molecular weight is 415 g/mol. The van der Waals surface area contributed by atoms with Gasteiger partial charge in [-0.3, -0.25) is 0 Å². The molecule has 4 rings (SSSR count). The summed E-state index contributed by atoms with van der Waals surface area (Å²) in [5, 5.41) is 1.20. The highest BCUT2D eigenvalue weighted by molar-refractivity contribution is 5.92. The van der Waals surface area contributed by atoms with Crippen LogP contribution in [0.3, 0.4) is 0 Å². The van der Waals surface area contributed by atoms with Crippen LogP contribution in [0.2, 0.25) is 0 Å². The van der Waals surface area contributed by atoms with E-state index in [1.807, 2.05) is 12.1 Å². The minimum absolute atomic E-state index is 0.291. The Bertz CT molecular complexity index is 1110. The molecule has 0 unspecified atom stereocenters. The van der Waals surface area contributed by atoms with E-state index in [4.69, 9.17) is 4.74 Å².